The first kappa shape index (κ1) is 21.1. The minimum atomic E-state index is -0.344. The molecule has 1 heterocycles. The van der Waals surface area contributed by atoms with Crippen LogP contribution in [0.5, 0.6) is 5.88 Å². The second-order valence-electron chi connectivity index (χ2n) is 6.89. The molecule has 0 unspecified atom stereocenters. The molecule has 0 bridgehead atoms. The molecule has 0 aliphatic rings. The predicted octanol–water partition coefficient (Wildman–Crippen LogP) is 5.14. The van der Waals surface area contributed by atoms with Crippen LogP contribution in [0.3, 0.4) is 0 Å². The lowest BCUT2D eigenvalue weighted by Crippen LogP contribution is -2.15. The summed E-state index contributed by atoms with van der Waals surface area (Å²) in [6.45, 7) is 5.30. The zero-order valence-electron chi connectivity index (χ0n) is 16.5. The number of rotatable bonds is 6. The van der Waals surface area contributed by atoms with Crippen molar-refractivity contribution in [1.29, 1.82) is 0 Å². The minimum absolute atomic E-state index is 0.194. The number of hydrogen-bond donors (Lipinski definition) is 0. The van der Waals surface area contributed by atoms with Crippen LogP contribution in [0.1, 0.15) is 43.0 Å². The van der Waals surface area contributed by atoms with Gasteiger partial charge in [0.1, 0.15) is 5.56 Å². The first-order chi connectivity index (χ1) is 13.7. The van der Waals surface area contributed by atoms with Crippen LogP contribution in [-0.2, 0) is 7.05 Å². The van der Waals surface area contributed by atoms with E-state index >= 15 is 0 Å². The molecule has 2 aromatic carbocycles. The molecule has 1 aromatic heterocycles. The third-order valence-corrected chi connectivity index (χ3v) is 5.76. The van der Waals surface area contributed by atoms with E-state index in [9.17, 15) is 9.59 Å². The van der Waals surface area contributed by atoms with Crippen LogP contribution in [0.15, 0.2) is 36.5 Å². The highest BCUT2D eigenvalue weighted by molar-refractivity contribution is 6.39. The van der Waals surface area contributed by atoms with E-state index in [1.165, 1.54) is 10.9 Å². The van der Waals surface area contributed by atoms with Crippen LogP contribution in [0.25, 0.3) is 0 Å². The van der Waals surface area contributed by atoms with E-state index in [0.717, 1.165) is 11.1 Å². The highest BCUT2D eigenvalue weighted by atomic mass is 35.5. The van der Waals surface area contributed by atoms with Gasteiger partial charge >= 0.3 is 0 Å². The lowest BCUT2D eigenvalue weighted by Gasteiger charge is -2.12. The van der Waals surface area contributed by atoms with Crippen molar-refractivity contribution in [3.8, 4) is 5.88 Å². The monoisotopic (exact) mass is 430 g/mol. The van der Waals surface area contributed by atoms with Crippen LogP contribution in [0.4, 0.5) is 0 Å². The molecule has 0 aliphatic carbocycles. The van der Waals surface area contributed by atoms with Gasteiger partial charge in [-0.15, -0.1) is 0 Å². The van der Waals surface area contributed by atoms with Crippen molar-refractivity contribution in [3.05, 3.63) is 80.0 Å². The van der Waals surface area contributed by atoms with E-state index in [1.54, 1.807) is 32.2 Å². The number of aromatic nitrogens is 2. The summed E-state index contributed by atoms with van der Waals surface area (Å²) in [5.41, 5.74) is 3.53. The highest BCUT2D eigenvalue weighted by Gasteiger charge is 2.24. The summed E-state index contributed by atoms with van der Waals surface area (Å²) < 4.78 is 7.10. The second kappa shape index (κ2) is 8.39. The standard InChI is InChI=1S/C22H20Cl2N2O3/c1-12-5-7-15(8-6-12)18(27)11-29-22-17(10-25-26(22)4)21(28)16-9-13(2)19(23)14(3)20(16)24/h5-10H,11H2,1-4H3. The van der Waals surface area contributed by atoms with Crippen molar-refractivity contribution in [1.82, 2.24) is 9.78 Å². The average molecular weight is 431 g/mol. The first-order valence-electron chi connectivity index (χ1n) is 8.95. The quantitative estimate of drug-likeness (QED) is 0.507. The zero-order chi connectivity index (χ0) is 21.3. The molecule has 0 saturated heterocycles. The summed E-state index contributed by atoms with van der Waals surface area (Å²) in [6.07, 6.45) is 1.41. The lowest BCUT2D eigenvalue weighted by atomic mass is 10.0. The molecule has 0 spiro atoms. The van der Waals surface area contributed by atoms with Crippen LogP contribution in [-0.4, -0.2) is 28.0 Å². The van der Waals surface area contributed by atoms with Crippen molar-refractivity contribution >= 4 is 34.8 Å². The largest absolute Gasteiger partial charge is 0.469 e. The maximum Gasteiger partial charge on any atom is 0.223 e. The van der Waals surface area contributed by atoms with Gasteiger partial charge in [0.25, 0.3) is 0 Å². The lowest BCUT2D eigenvalue weighted by molar-refractivity contribution is 0.0908. The van der Waals surface area contributed by atoms with Crippen molar-refractivity contribution in [2.24, 2.45) is 7.05 Å². The average Bonchev–Trinajstić information content (AvgIpc) is 3.07. The Kier molecular flexibility index (Phi) is 6.10. The van der Waals surface area contributed by atoms with E-state index in [0.29, 0.717) is 21.7 Å². The Bertz CT molecular complexity index is 1100. The number of ether oxygens (including phenoxy) is 1. The van der Waals surface area contributed by atoms with Gasteiger partial charge in [-0.05, 0) is 38.0 Å². The Morgan fingerprint density at radius 2 is 1.69 bits per heavy atom. The molecule has 0 N–H and O–H groups in total. The van der Waals surface area contributed by atoms with Gasteiger partial charge in [-0.2, -0.15) is 5.10 Å². The fourth-order valence-corrected chi connectivity index (χ4v) is 3.39. The zero-order valence-corrected chi connectivity index (χ0v) is 18.1. The number of halogens is 2. The number of nitrogens with zero attached hydrogens (tertiary/aromatic N) is 2. The number of carbonyl (C=O) groups is 2. The second-order valence-corrected chi connectivity index (χ2v) is 7.64. The normalized spacial score (nSPS) is 10.8. The van der Waals surface area contributed by atoms with Gasteiger partial charge in [-0.25, -0.2) is 4.68 Å². The molecule has 0 fully saturated rings. The van der Waals surface area contributed by atoms with Crippen molar-refractivity contribution in [2.75, 3.05) is 6.61 Å². The highest BCUT2D eigenvalue weighted by Crippen LogP contribution is 2.33. The predicted molar refractivity (Wildman–Crippen MR) is 114 cm³/mol. The molecule has 7 heteroatoms. The van der Waals surface area contributed by atoms with Crippen LogP contribution >= 0.6 is 23.2 Å². The molecule has 0 amide bonds. The van der Waals surface area contributed by atoms with Gasteiger partial charge in [-0.3, -0.25) is 9.59 Å². The molecule has 0 radical (unpaired) electrons. The summed E-state index contributed by atoms with van der Waals surface area (Å²) in [7, 11) is 1.64. The molecular formula is C22H20Cl2N2O3. The molecular weight excluding hydrogens is 411 g/mol. The summed E-state index contributed by atoms with van der Waals surface area (Å²) in [5, 5.41) is 4.92. The van der Waals surface area contributed by atoms with Crippen molar-refractivity contribution in [2.45, 2.75) is 20.8 Å². The summed E-state index contributed by atoms with van der Waals surface area (Å²) in [4.78, 5) is 25.5. The van der Waals surface area contributed by atoms with E-state index < -0.39 is 0 Å². The summed E-state index contributed by atoms with van der Waals surface area (Å²) >= 11 is 12.6. The van der Waals surface area contributed by atoms with Crippen molar-refractivity contribution < 1.29 is 14.3 Å². The number of ketones is 2. The molecule has 150 valence electrons. The molecule has 29 heavy (non-hydrogen) atoms. The number of aryl methyl sites for hydroxylation is 3. The molecule has 5 nitrogen and oxygen atoms in total. The SMILES string of the molecule is Cc1ccc(C(=O)COc2c(C(=O)c3cc(C)c(Cl)c(C)c3Cl)cnn2C)cc1. The van der Waals surface area contributed by atoms with Crippen LogP contribution in [0, 0.1) is 20.8 Å². The van der Waals surface area contributed by atoms with Gasteiger partial charge in [0.2, 0.25) is 11.7 Å². The minimum Gasteiger partial charge on any atom is -0.469 e. The van der Waals surface area contributed by atoms with Gasteiger partial charge < -0.3 is 4.74 Å². The fourth-order valence-electron chi connectivity index (χ4n) is 2.96. The third kappa shape index (κ3) is 4.21. The van der Waals surface area contributed by atoms with E-state index in [4.69, 9.17) is 27.9 Å². The first-order valence-corrected chi connectivity index (χ1v) is 9.70. The summed E-state index contributed by atoms with van der Waals surface area (Å²) in [5.74, 6) is -0.332. The maximum absolute atomic E-state index is 13.1. The van der Waals surface area contributed by atoms with Gasteiger partial charge in [-0.1, -0.05) is 53.0 Å². The maximum atomic E-state index is 13.1. The Balaban J connectivity index is 1.87. The molecule has 0 saturated carbocycles. The topological polar surface area (TPSA) is 61.2 Å². The van der Waals surface area contributed by atoms with Crippen LogP contribution in [0.2, 0.25) is 10.0 Å². The number of carbonyl (C=O) groups excluding carboxylic acids is 2. The molecule has 0 aliphatic heterocycles. The molecule has 3 rings (SSSR count). The Morgan fingerprint density at radius 1 is 1.03 bits per heavy atom. The number of Topliss-reactive ketones (excluding diaryl/α,β-unsaturated/α-hetero) is 1. The van der Waals surface area contributed by atoms with Gasteiger partial charge in [0.15, 0.2) is 12.4 Å². The van der Waals surface area contributed by atoms with Crippen LogP contribution < -0.4 is 4.74 Å². The molecule has 3 aromatic rings. The fraction of sp³-hybridized carbons (Fsp3) is 0.227. The Labute approximate surface area is 179 Å². The Morgan fingerprint density at radius 3 is 2.34 bits per heavy atom. The van der Waals surface area contributed by atoms with Gasteiger partial charge in [0.05, 0.1) is 11.2 Å². The van der Waals surface area contributed by atoms with Crippen molar-refractivity contribution in [3.63, 3.8) is 0 Å². The van der Waals surface area contributed by atoms with E-state index in [-0.39, 0.29) is 34.6 Å². The van der Waals surface area contributed by atoms with E-state index in [2.05, 4.69) is 5.10 Å². The molecule has 0 atom stereocenters. The smallest absolute Gasteiger partial charge is 0.223 e. The van der Waals surface area contributed by atoms with E-state index in [1.807, 2.05) is 26.0 Å². The number of hydrogen-bond acceptors (Lipinski definition) is 4. The Hall–Kier alpha value is -2.63. The third-order valence-electron chi connectivity index (χ3n) is 4.69. The number of benzene rings is 2. The summed E-state index contributed by atoms with van der Waals surface area (Å²) in [6, 6.07) is 8.86. The van der Waals surface area contributed by atoms with Gasteiger partial charge in [0, 0.05) is 23.2 Å².